The van der Waals surface area contributed by atoms with Gasteiger partial charge in [-0.2, -0.15) is 0 Å². The summed E-state index contributed by atoms with van der Waals surface area (Å²) in [7, 11) is -0.245. The van der Waals surface area contributed by atoms with Crippen molar-refractivity contribution in [2.45, 2.75) is 48.4 Å². The Kier molecular flexibility index (Phi) is 5.73. The van der Waals surface area contributed by atoms with Crippen molar-refractivity contribution in [3.05, 3.63) is 71.8 Å². The number of nitrogens with one attached hydrogen (secondary N) is 1. The lowest BCUT2D eigenvalue weighted by Gasteiger charge is -2.21. The van der Waals surface area contributed by atoms with Crippen LogP contribution >= 0.6 is 0 Å². The predicted molar refractivity (Wildman–Crippen MR) is 120 cm³/mol. The van der Waals surface area contributed by atoms with E-state index in [2.05, 4.69) is 55.6 Å². The van der Waals surface area contributed by atoms with E-state index in [0.717, 1.165) is 28.4 Å². The number of carbonyl (C=O) groups excluding carboxylic acids is 1. The van der Waals surface area contributed by atoms with Gasteiger partial charge in [0.2, 0.25) is 15.7 Å². The predicted octanol–water partition coefficient (Wildman–Crippen LogP) is 5.41. The molecule has 1 unspecified atom stereocenters. The molecular weight excluding hydrogens is 394 g/mol. The molecule has 1 aliphatic rings. The van der Waals surface area contributed by atoms with Crippen LogP contribution in [0, 0.1) is 13.8 Å². The number of rotatable bonds is 5. The van der Waals surface area contributed by atoms with Crippen molar-refractivity contribution in [2.75, 3.05) is 6.61 Å². The lowest BCUT2D eigenvalue weighted by Crippen LogP contribution is -2.35. The van der Waals surface area contributed by atoms with Gasteiger partial charge in [0, 0.05) is 19.1 Å². The Morgan fingerprint density at radius 1 is 1.00 bits per heavy atom. The van der Waals surface area contributed by atoms with Crippen LogP contribution in [-0.2, 0) is 15.7 Å². The van der Waals surface area contributed by atoms with Gasteiger partial charge < -0.3 is 14.8 Å². The smallest absolute Gasteiger partial charge is 0.217 e. The summed E-state index contributed by atoms with van der Waals surface area (Å²) in [4.78, 5) is 14.9. The number of amides is 1. The van der Waals surface area contributed by atoms with Crippen LogP contribution in [0.1, 0.15) is 25.0 Å². The number of ether oxygens (including phenoxy) is 2. The first-order chi connectivity index (χ1) is 14.4. The second-order valence-electron chi connectivity index (χ2n) is 7.60. The van der Waals surface area contributed by atoms with E-state index in [4.69, 9.17) is 9.47 Å². The molecule has 30 heavy (non-hydrogen) atoms. The van der Waals surface area contributed by atoms with Gasteiger partial charge in [-0.05, 0) is 56.2 Å². The Morgan fingerprint density at radius 2 is 1.53 bits per heavy atom. The zero-order chi connectivity index (χ0) is 21.3. The fourth-order valence-corrected chi connectivity index (χ4v) is 6.14. The van der Waals surface area contributed by atoms with Crippen molar-refractivity contribution in [1.29, 1.82) is 0 Å². The topological polar surface area (TPSA) is 47.6 Å². The van der Waals surface area contributed by atoms with E-state index < -0.39 is 0 Å². The van der Waals surface area contributed by atoms with Crippen molar-refractivity contribution in [2.24, 2.45) is 0 Å². The maximum absolute atomic E-state index is 11.2. The summed E-state index contributed by atoms with van der Waals surface area (Å²) in [6.07, 6.45) is 0. The van der Waals surface area contributed by atoms with Crippen LogP contribution in [0.15, 0.2) is 75.4 Å². The monoisotopic (exact) mass is 420 g/mol. The molecule has 0 aromatic heterocycles. The second kappa shape index (κ2) is 8.44. The lowest BCUT2D eigenvalue weighted by molar-refractivity contribution is -0.119. The molecule has 1 N–H and O–H groups in total. The molecule has 0 fully saturated rings. The van der Waals surface area contributed by atoms with E-state index in [1.165, 1.54) is 21.6 Å². The highest BCUT2D eigenvalue weighted by Gasteiger charge is 2.39. The molecule has 1 amide bonds. The SMILES string of the molecule is CC(=O)NC(C)COc1c(C)cc([S+]2c3ccccc3Oc3ccccc32)cc1C. The van der Waals surface area contributed by atoms with Crippen LogP contribution in [0.25, 0.3) is 0 Å². The minimum atomic E-state index is -0.245. The summed E-state index contributed by atoms with van der Waals surface area (Å²) in [6.45, 7) is 8.06. The molecule has 0 aliphatic carbocycles. The summed E-state index contributed by atoms with van der Waals surface area (Å²) in [5, 5.41) is 2.86. The van der Waals surface area contributed by atoms with Gasteiger partial charge in [-0.15, -0.1) is 0 Å². The van der Waals surface area contributed by atoms with E-state index in [-0.39, 0.29) is 22.8 Å². The molecule has 0 saturated carbocycles. The first-order valence-electron chi connectivity index (χ1n) is 10.1. The molecule has 0 radical (unpaired) electrons. The Balaban J connectivity index is 1.69. The second-order valence-corrected chi connectivity index (χ2v) is 9.56. The van der Waals surface area contributed by atoms with Crippen LogP contribution in [0.3, 0.4) is 0 Å². The van der Waals surface area contributed by atoms with Crippen molar-refractivity contribution in [3.8, 4) is 17.2 Å². The average molecular weight is 421 g/mol. The van der Waals surface area contributed by atoms with E-state index in [9.17, 15) is 4.79 Å². The Morgan fingerprint density at radius 3 is 2.07 bits per heavy atom. The van der Waals surface area contributed by atoms with E-state index in [0.29, 0.717) is 6.61 Å². The quantitative estimate of drug-likeness (QED) is 0.439. The Bertz CT molecular complexity index is 1030. The van der Waals surface area contributed by atoms with Gasteiger partial charge in [0.05, 0.1) is 6.04 Å². The zero-order valence-electron chi connectivity index (χ0n) is 17.7. The molecule has 154 valence electrons. The number of hydrogen-bond acceptors (Lipinski definition) is 3. The molecule has 3 aromatic carbocycles. The summed E-state index contributed by atoms with van der Waals surface area (Å²) < 4.78 is 12.2. The molecule has 4 rings (SSSR count). The molecular formula is C25H26NO3S+. The summed E-state index contributed by atoms with van der Waals surface area (Å²) >= 11 is 0. The molecule has 4 nitrogen and oxygen atoms in total. The summed E-state index contributed by atoms with van der Waals surface area (Å²) in [6, 6.07) is 20.9. The minimum Gasteiger partial charge on any atom is -0.491 e. The zero-order valence-corrected chi connectivity index (χ0v) is 18.5. The highest BCUT2D eigenvalue weighted by atomic mass is 32.2. The van der Waals surface area contributed by atoms with Gasteiger partial charge in [-0.25, -0.2) is 0 Å². The summed E-state index contributed by atoms with van der Waals surface area (Å²) in [5.74, 6) is 2.67. The molecule has 0 spiro atoms. The molecule has 0 bridgehead atoms. The summed E-state index contributed by atoms with van der Waals surface area (Å²) in [5.41, 5.74) is 2.18. The fraction of sp³-hybridized carbons (Fsp3) is 0.240. The standard InChI is InChI=1S/C25H25NO3S/c1-16-13-20(14-17(2)25(16)28-15-18(3)26-19(4)27)30-23-11-7-5-9-21(23)29-22-10-6-8-12-24(22)30/h5-14,18H,15H2,1-4H3/p+1. The maximum atomic E-state index is 11.2. The Hall–Kier alpha value is -2.92. The van der Waals surface area contributed by atoms with Crippen LogP contribution in [0.5, 0.6) is 17.2 Å². The van der Waals surface area contributed by atoms with Crippen LogP contribution < -0.4 is 14.8 Å². The maximum Gasteiger partial charge on any atom is 0.217 e. The molecule has 1 aliphatic heterocycles. The van der Waals surface area contributed by atoms with Gasteiger partial charge in [-0.1, -0.05) is 24.3 Å². The number of para-hydroxylation sites is 2. The third-order valence-electron chi connectivity index (χ3n) is 4.95. The van der Waals surface area contributed by atoms with Gasteiger partial charge in [0.1, 0.15) is 23.3 Å². The lowest BCUT2D eigenvalue weighted by atomic mass is 10.1. The van der Waals surface area contributed by atoms with E-state index >= 15 is 0 Å². The van der Waals surface area contributed by atoms with Crippen molar-refractivity contribution >= 4 is 16.8 Å². The normalized spacial score (nSPS) is 13.6. The first-order valence-corrected chi connectivity index (χ1v) is 11.3. The third kappa shape index (κ3) is 4.03. The van der Waals surface area contributed by atoms with Gasteiger partial charge in [0.25, 0.3) is 0 Å². The van der Waals surface area contributed by atoms with Crippen LogP contribution in [0.2, 0.25) is 0 Å². The van der Waals surface area contributed by atoms with Crippen molar-refractivity contribution < 1.29 is 14.3 Å². The van der Waals surface area contributed by atoms with Gasteiger partial charge in [0.15, 0.2) is 16.4 Å². The van der Waals surface area contributed by atoms with Gasteiger partial charge in [-0.3, -0.25) is 4.79 Å². The van der Waals surface area contributed by atoms with E-state index in [1.807, 2.05) is 31.2 Å². The van der Waals surface area contributed by atoms with Gasteiger partial charge >= 0.3 is 0 Å². The van der Waals surface area contributed by atoms with Crippen molar-refractivity contribution in [3.63, 3.8) is 0 Å². The average Bonchev–Trinajstić information content (AvgIpc) is 2.70. The number of benzene rings is 3. The fourth-order valence-electron chi connectivity index (χ4n) is 3.75. The minimum absolute atomic E-state index is 0.0444. The Labute approximate surface area is 180 Å². The first kappa shape index (κ1) is 20.4. The van der Waals surface area contributed by atoms with Crippen molar-refractivity contribution in [1.82, 2.24) is 5.32 Å². The van der Waals surface area contributed by atoms with E-state index in [1.54, 1.807) is 0 Å². The number of fused-ring (bicyclic) bond motifs is 2. The molecule has 1 heterocycles. The highest BCUT2D eigenvalue weighted by Crippen LogP contribution is 2.47. The molecule has 3 aromatic rings. The molecule has 5 heteroatoms. The number of carbonyl (C=O) groups is 1. The number of aryl methyl sites for hydroxylation is 2. The largest absolute Gasteiger partial charge is 0.491 e. The highest BCUT2D eigenvalue weighted by molar-refractivity contribution is 7.97. The third-order valence-corrected chi connectivity index (χ3v) is 7.22. The molecule has 1 atom stereocenters. The van der Waals surface area contributed by atoms with Crippen LogP contribution in [-0.4, -0.2) is 18.6 Å². The molecule has 0 saturated heterocycles. The number of hydrogen-bond donors (Lipinski definition) is 1. The van der Waals surface area contributed by atoms with Crippen LogP contribution in [0.4, 0.5) is 0 Å².